The van der Waals surface area contributed by atoms with E-state index in [0.29, 0.717) is 44.1 Å². The number of allylic oxidation sites excluding steroid dienone is 1. The van der Waals surface area contributed by atoms with Gasteiger partial charge in [0.25, 0.3) is 0 Å². The Balaban J connectivity index is 1.66. The fourth-order valence-corrected chi connectivity index (χ4v) is 8.32. The highest BCUT2D eigenvalue weighted by Gasteiger charge is 2.69. The summed E-state index contributed by atoms with van der Waals surface area (Å²) in [5, 5.41) is 65.5. The maximum Gasteiger partial charge on any atom is 0.159 e. The molecule has 0 saturated heterocycles. The summed E-state index contributed by atoms with van der Waals surface area (Å²) in [5.74, 6) is -0.948. The number of hydrogen-bond donors (Lipinski definition) is 6. The molecular weight excluding hydrogens is 436 g/mol. The average Bonchev–Trinajstić information content (AvgIpc) is 3.00. The number of aliphatic hydroxyl groups excluding tert-OH is 3. The Bertz CT molecular complexity index is 860. The zero-order chi connectivity index (χ0) is 25.5. The Morgan fingerprint density at radius 3 is 2.32 bits per heavy atom. The maximum absolute atomic E-state index is 13.2. The molecule has 4 rings (SSSR count). The zero-order valence-electron chi connectivity index (χ0n) is 21.3. The lowest BCUT2D eigenvalue weighted by Gasteiger charge is -2.60. The molecule has 7 heteroatoms. The number of rotatable bonds is 5. The molecule has 0 radical (unpaired) electrons. The predicted molar refractivity (Wildman–Crippen MR) is 127 cm³/mol. The van der Waals surface area contributed by atoms with Crippen LogP contribution >= 0.6 is 0 Å². The molecule has 0 aromatic rings. The largest absolute Gasteiger partial charge is 0.390 e. The van der Waals surface area contributed by atoms with Gasteiger partial charge in [-0.25, -0.2) is 0 Å². The van der Waals surface area contributed by atoms with E-state index in [1.54, 1.807) is 26.8 Å². The highest BCUT2D eigenvalue weighted by Crippen LogP contribution is 2.68. The summed E-state index contributed by atoms with van der Waals surface area (Å²) < 4.78 is 0. The van der Waals surface area contributed by atoms with Gasteiger partial charge in [0.1, 0.15) is 0 Å². The predicted octanol–water partition coefficient (Wildman–Crippen LogP) is 1.85. The summed E-state index contributed by atoms with van der Waals surface area (Å²) in [6.07, 6.45) is 2.11. The van der Waals surface area contributed by atoms with Gasteiger partial charge in [0.2, 0.25) is 0 Å². The SMILES string of the molecule is CC(C)(O)CC[C@@H](O)C(C)(O)[C@H]1CC[C@@]2(O)C3=CC(=O)C4C[C@@H](O)[C@@H](O)C[C@]4(C)C3CC[C@]12C. The van der Waals surface area contributed by atoms with E-state index in [4.69, 9.17) is 0 Å². The average molecular weight is 481 g/mol. The first-order chi connectivity index (χ1) is 15.5. The Hall–Kier alpha value is -0.830. The van der Waals surface area contributed by atoms with Crippen molar-refractivity contribution in [2.75, 3.05) is 0 Å². The van der Waals surface area contributed by atoms with Crippen molar-refractivity contribution in [1.82, 2.24) is 0 Å². The van der Waals surface area contributed by atoms with Gasteiger partial charge in [-0.2, -0.15) is 0 Å². The lowest BCUT2D eigenvalue weighted by molar-refractivity contribution is -0.177. The van der Waals surface area contributed by atoms with Crippen molar-refractivity contribution >= 4 is 5.78 Å². The summed E-state index contributed by atoms with van der Waals surface area (Å²) in [5.41, 5.74) is -4.27. The first-order valence-corrected chi connectivity index (χ1v) is 12.9. The van der Waals surface area contributed by atoms with Gasteiger partial charge in [-0.05, 0) is 101 Å². The summed E-state index contributed by atoms with van der Waals surface area (Å²) >= 11 is 0. The lowest BCUT2D eigenvalue weighted by atomic mass is 9.45. The van der Waals surface area contributed by atoms with Crippen molar-refractivity contribution in [3.63, 3.8) is 0 Å². The molecule has 4 aliphatic rings. The van der Waals surface area contributed by atoms with Crippen LogP contribution in [0.15, 0.2) is 11.6 Å². The van der Waals surface area contributed by atoms with Gasteiger partial charge in [-0.3, -0.25) is 4.79 Å². The minimum absolute atomic E-state index is 0.0840. The highest BCUT2D eigenvalue weighted by molar-refractivity contribution is 5.95. The molecule has 4 aliphatic carbocycles. The van der Waals surface area contributed by atoms with E-state index in [1.165, 1.54) is 0 Å². The van der Waals surface area contributed by atoms with Gasteiger partial charge in [0, 0.05) is 11.3 Å². The summed E-state index contributed by atoms with van der Waals surface area (Å²) in [6, 6.07) is 0. The van der Waals surface area contributed by atoms with Crippen LogP contribution in [0.2, 0.25) is 0 Å². The van der Waals surface area contributed by atoms with Crippen molar-refractivity contribution in [3.8, 4) is 0 Å². The quantitative estimate of drug-likeness (QED) is 0.353. The van der Waals surface area contributed by atoms with Gasteiger partial charge < -0.3 is 30.6 Å². The molecule has 6 N–H and O–H groups in total. The summed E-state index contributed by atoms with van der Waals surface area (Å²) in [4.78, 5) is 13.2. The van der Waals surface area contributed by atoms with Gasteiger partial charge in [-0.15, -0.1) is 0 Å². The Labute approximate surface area is 202 Å². The molecule has 34 heavy (non-hydrogen) atoms. The second-order valence-corrected chi connectivity index (χ2v) is 13.2. The first kappa shape index (κ1) is 26.2. The highest BCUT2D eigenvalue weighted by atomic mass is 16.3. The first-order valence-electron chi connectivity index (χ1n) is 12.9. The van der Waals surface area contributed by atoms with E-state index < -0.39 is 45.9 Å². The third-order valence-corrected chi connectivity index (χ3v) is 10.5. The van der Waals surface area contributed by atoms with Gasteiger partial charge in [0.05, 0.1) is 35.1 Å². The fourth-order valence-electron chi connectivity index (χ4n) is 8.32. The van der Waals surface area contributed by atoms with E-state index in [2.05, 4.69) is 0 Å². The second-order valence-electron chi connectivity index (χ2n) is 13.2. The molecular formula is C27H44O7. The fraction of sp³-hybridized carbons (Fsp3) is 0.889. The Morgan fingerprint density at radius 2 is 1.71 bits per heavy atom. The molecule has 194 valence electrons. The van der Waals surface area contributed by atoms with Crippen LogP contribution in [0.1, 0.15) is 86.0 Å². The van der Waals surface area contributed by atoms with Crippen LogP contribution in [0.25, 0.3) is 0 Å². The molecule has 7 nitrogen and oxygen atoms in total. The van der Waals surface area contributed by atoms with E-state index in [9.17, 15) is 35.4 Å². The smallest absolute Gasteiger partial charge is 0.159 e. The molecule has 0 aliphatic heterocycles. The van der Waals surface area contributed by atoms with Crippen LogP contribution in [0.3, 0.4) is 0 Å². The summed E-state index contributed by atoms with van der Waals surface area (Å²) in [7, 11) is 0. The maximum atomic E-state index is 13.2. The van der Waals surface area contributed by atoms with Crippen LogP contribution in [0.4, 0.5) is 0 Å². The molecule has 0 aromatic carbocycles. The normalized spacial score (nSPS) is 47.2. The minimum atomic E-state index is -1.46. The topological polar surface area (TPSA) is 138 Å². The van der Waals surface area contributed by atoms with Crippen molar-refractivity contribution in [1.29, 1.82) is 0 Å². The third-order valence-electron chi connectivity index (χ3n) is 10.5. The number of carbonyl (C=O) groups excluding carboxylic acids is 1. The van der Waals surface area contributed by atoms with Crippen LogP contribution in [-0.4, -0.2) is 71.5 Å². The number of carbonyl (C=O) groups is 1. The molecule has 0 aromatic heterocycles. The van der Waals surface area contributed by atoms with Crippen LogP contribution in [0.5, 0.6) is 0 Å². The molecule has 0 amide bonds. The molecule has 0 heterocycles. The van der Waals surface area contributed by atoms with Crippen LogP contribution in [-0.2, 0) is 4.79 Å². The number of aliphatic hydroxyl groups is 6. The van der Waals surface area contributed by atoms with Gasteiger partial charge in [-0.1, -0.05) is 13.8 Å². The van der Waals surface area contributed by atoms with Crippen molar-refractivity contribution in [2.24, 2.45) is 28.6 Å². The summed E-state index contributed by atoms with van der Waals surface area (Å²) in [6.45, 7) is 8.96. The van der Waals surface area contributed by atoms with Crippen molar-refractivity contribution in [3.05, 3.63) is 11.6 Å². The number of hydrogen-bond acceptors (Lipinski definition) is 7. The molecule has 3 saturated carbocycles. The van der Waals surface area contributed by atoms with Crippen molar-refractivity contribution < 1.29 is 35.4 Å². The Kier molecular flexibility index (Phi) is 6.24. The van der Waals surface area contributed by atoms with E-state index in [1.807, 2.05) is 13.8 Å². The number of fused-ring (bicyclic) bond motifs is 5. The van der Waals surface area contributed by atoms with Crippen molar-refractivity contribution in [2.45, 2.75) is 121 Å². The molecule has 3 fully saturated rings. The van der Waals surface area contributed by atoms with E-state index in [0.717, 1.165) is 0 Å². The second kappa shape index (κ2) is 8.09. The van der Waals surface area contributed by atoms with Gasteiger partial charge >= 0.3 is 0 Å². The van der Waals surface area contributed by atoms with Crippen LogP contribution in [0, 0.1) is 28.6 Å². The molecule has 3 unspecified atom stereocenters. The minimum Gasteiger partial charge on any atom is -0.390 e. The monoisotopic (exact) mass is 480 g/mol. The zero-order valence-corrected chi connectivity index (χ0v) is 21.3. The van der Waals surface area contributed by atoms with Gasteiger partial charge in [0.15, 0.2) is 5.78 Å². The number of ketones is 1. The third kappa shape index (κ3) is 3.73. The van der Waals surface area contributed by atoms with Crippen LogP contribution < -0.4 is 0 Å². The standard InChI is InChI=1S/C27H44O7/c1-23(2,32)9-8-22(31)26(5,33)21-7-11-27(34)16-12-18(28)17-13-19(29)20(30)14-24(17,3)15(16)6-10-25(21,27)4/h12,15,17,19-22,29-34H,6-11,13-14H2,1-5H3/t15?,17?,19-,20+,21+,22-,24-,25-,26?,27-/m1/s1. The molecule has 0 spiro atoms. The van der Waals surface area contributed by atoms with E-state index in [-0.39, 0.29) is 36.4 Å². The molecule has 0 bridgehead atoms. The lowest BCUT2D eigenvalue weighted by Crippen LogP contribution is -2.62. The van der Waals surface area contributed by atoms with E-state index >= 15 is 0 Å². The molecule has 10 atom stereocenters. The Morgan fingerprint density at radius 1 is 1.06 bits per heavy atom.